The fourth-order valence-electron chi connectivity index (χ4n) is 1.90. The van der Waals surface area contributed by atoms with E-state index < -0.39 is 0 Å². The summed E-state index contributed by atoms with van der Waals surface area (Å²) in [4.78, 5) is 20.5. The number of rotatable bonds is 4. The number of aromatic nitrogens is 2. The number of hydrogen-bond acceptors (Lipinski definition) is 4. The van der Waals surface area contributed by atoms with E-state index in [0.717, 1.165) is 16.3 Å². The highest BCUT2D eigenvalue weighted by molar-refractivity contribution is 7.09. The minimum Gasteiger partial charge on any atom is -0.346 e. The van der Waals surface area contributed by atoms with Crippen LogP contribution in [0.4, 0.5) is 4.39 Å². The van der Waals surface area contributed by atoms with E-state index in [1.807, 2.05) is 17.5 Å². The average Bonchev–Trinajstić information content (AvgIpc) is 3.03. The lowest BCUT2D eigenvalue weighted by molar-refractivity contribution is 0.0951. The Hall–Kier alpha value is -2.60. The van der Waals surface area contributed by atoms with Crippen LogP contribution in [-0.4, -0.2) is 15.9 Å². The van der Waals surface area contributed by atoms with E-state index >= 15 is 0 Å². The smallest absolute Gasteiger partial charge is 0.251 e. The van der Waals surface area contributed by atoms with Gasteiger partial charge in [0.15, 0.2) is 0 Å². The summed E-state index contributed by atoms with van der Waals surface area (Å²) >= 11 is 1.47. The van der Waals surface area contributed by atoms with Gasteiger partial charge >= 0.3 is 0 Å². The van der Waals surface area contributed by atoms with Crippen molar-refractivity contribution in [2.75, 3.05) is 0 Å². The van der Waals surface area contributed by atoms with Gasteiger partial charge in [0, 0.05) is 28.9 Å². The van der Waals surface area contributed by atoms with Crippen LogP contribution in [0.5, 0.6) is 0 Å². The molecule has 0 bridgehead atoms. The molecule has 0 aliphatic heterocycles. The van der Waals surface area contributed by atoms with Gasteiger partial charge in [-0.05, 0) is 36.4 Å². The Bertz CT molecular complexity index is 772. The number of nitrogens with one attached hydrogen (secondary N) is 1. The van der Waals surface area contributed by atoms with Crippen LogP contribution in [-0.2, 0) is 6.54 Å². The van der Waals surface area contributed by atoms with Gasteiger partial charge in [0.25, 0.3) is 5.91 Å². The lowest BCUT2D eigenvalue weighted by Crippen LogP contribution is -2.22. The van der Waals surface area contributed by atoms with Crippen LogP contribution in [0.25, 0.3) is 11.3 Å². The first-order valence-corrected chi connectivity index (χ1v) is 7.49. The van der Waals surface area contributed by atoms with Crippen LogP contribution < -0.4 is 5.32 Å². The van der Waals surface area contributed by atoms with Crippen molar-refractivity contribution in [3.8, 4) is 11.3 Å². The third-order valence-corrected chi connectivity index (χ3v) is 3.86. The van der Waals surface area contributed by atoms with Crippen LogP contribution in [0, 0.1) is 5.82 Å². The topological polar surface area (TPSA) is 54.9 Å². The van der Waals surface area contributed by atoms with Crippen molar-refractivity contribution in [2.24, 2.45) is 0 Å². The van der Waals surface area contributed by atoms with Gasteiger partial charge in [0.05, 0.1) is 12.2 Å². The Balaban J connectivity index is 1.64. The number of carbonyl (C=O) groups is 1. The SMILES string of the molecule is O=C(NCc1nc(-c2cccnc2)cs1)c1ccc(F)cc1. The summed E-state index contributed by atoms with van der Waals surface area (Å²) in [7, 11) is 0. The molecule has 22 heavy (non-hydrogen) atoms. The zero-order valence-electron chi connectivity index (χ0n) is 11.5. The molecule has 3 rings (SSSR count). The molecule has 0 spiro atoms. The second-order valence-electron chi connectivity index (χ2n) is 4.56. The molecule has 1 amide bonds. The van der Waals surface area contributed by atoms with Gasteiger partial charge in [0.2, 0.25) is 0 Å². The Kier molecular flexibility index (Phi) is 4.20. The summed E-state index contributed by atoms with van der Waals surface area (Å²) in [5.74, 6) is -0.615. The summed E-state index contributed by atoms with van der Waals surface area (Å²) in [6.07, 6.45) is 3.45. The highest BCUT2D eigenvalue weighted by Crippen LogP contribution is 2.20. The lowest BCUT2D eigenvalue weighted by atomic mass is 10.2. The zero-order chi connectivity index (χ0) is 15.4. The summed E-state index contributed by atoms with van der Waals surface area (Å²) in [5, 5.41) is 5.50. The number of hydrogen-bond donors (Lipinski definition) is 1. The predicted octanol–water partition coefficient (Wildman–Crippen LogP) is 3.27. The maximum atomic E-state index is 12.8. The minimum absolute atomic E-state index is 0.252. The molecule has 0 radical (unpaired) electrons. The molecule has 0 aliphatic carbocycles. The van der Waals surface area contributed by atoms with E-state index in [4.69, 9.17) is 0 Å². The largest absolute Gasteiger partial charge is 0.346 e. The molecule has 2 aromatic heterocycles. The standard InChI is InChI=1S/C16H12FN3OS/c17-13-5-3-11(4-6-13)16(21)19-9-15-20-14(10-22-15)12-2-1-7-18-8-12/h1-8,10H,9H2,(H,19,21). The quantitative estimate of drug-likeness (QED) is 0.804. The number of carbonyl (C=O) groups excluding carboxylic acids is 1. The molecule has 110 valence electrons. The van der Waals surface area contributed by atoms with Gasteiger partial charge < -0.3 is 5.32 Å². The highest BCUT2D eigenvalue weighted by atomic mass is 32.1. The van der Waals surface area contributed by atoms with Crippen LogP contribution in [0.2, 0.25) is 0 Å². The zero-order valence-corrected chi connectivity index (χ0v) is 12.3. The van der Waals surface area contributed by atoms with E-state index in [2.05, 4.69) is 15.3 Å². The maximum Gasteiger partial charge on any atom is 0.251 e. The Morgan fingerprint density at radius 3 is 2.77 bits per heavy atom. The Labute approximate surface area is 130 Å². The molecule has 0 atom stereocenters. The fourth-order valence-corrected chi connectivity index (χ4v) is 2.64. The average molecular weight is 313 g/mol. The Morgan fingerprint density at radius 1 is 1.23 bits per heavy atom. The van der Waals surface area contributed by atoms with Gasteiger partial charge in [-0.1, -0.05) is 0 Å². The van der Waals surface area contributed by atoms with Crippen molar-refractivity contribution in [1.29, 1.82) is 0 Å². The van der Waals surface area contributed by atoms with Gasteiger partial charge in [-0.2, -0.15) is 0 Å². The third kappa shape index (κ3) is 3.35. The summed E-state index contributed by atoms with van der Waals surface area (Å²) in [6, 6.07) is 9.21. The third-order valence-electron chi connectivity index (χ3n) is 3.02. The number of halogens is 1. The second kappa shape index (κ2) is 6.44. The predicted molar refractivity (Wildman–Crippen MR) is 82.9 cm³/mol. The van der Waals surface area contributed by atoms with Gasteiger partial charge in [-0.15, -0.1) is 11.3 Å². The minimum atomic E-state index is -0.363. The number of nitrogens with zero attached hydrogens (tertiary/aromatic N) is 2. The Morgan fingerprint density at radius 2 is 2.05 bits per heavy atom. The van der Waals surface area contributed by atoms with Crippen molar-refractivity contribution < 1.29 is 9.18 Å². The molecule has 1 aromatic carbocycles. The monoisotopic (exact) mass is 313 g/mol. The van der Waals surface area contributed by atoms with Crippen molar-refractivity contribution in [3.63, 3.8) is 0 Å². The molecule has 0 fully saturated rings. The number of thiazole rings is 1. The number of pyridine rings is 1. The molecule has 0 saturated carbocycles. The molecule has 0 unspecified atom stereocenters. The van der Waals surface area contributed by atoms with Crippen LogP contribution >= 0.6 is 11.3 Å². The van der Waals surface area contributed by atoms with E-state index in [-0.39, 0.29) is 11.7 Å². The molecule has 0 aliphatic rings. The normalized spacial score (nSPS) is 10.4. The first-order chi connectivity index (χ1) is 10.7. The van der Waals surface area contributed by atoms with Crippen molar-refractivity contribution >= 4 is 17.2 Å². The second-order valence-corrected chi connectivity index (χ2v) is 5.50. The van der Waals surface area contributed by atoms with E-state index in [1.54, 1.807) is 12.4 Å². The van der Waals surface area contributed by atoms with Crippen molar-refractivity contribution in [2.45, 2.75) is 6.54 Å². The molecule has 2 heterocycles. The van der Waals surface area contributed by atoms with Crippen molar-refractivity contribution in [1.82, 2.24) is 15.3 Å². The first-order valence-electron chi connectivity index (χ1n) is 6.61. The van der Waals surface area contributed by atoms with Crippen LogP contribution in [0.3, 0.4) is 0 Å². The fraction of sp³-hybridized carbons (Fsp3) is 0.0625. The molecular weight excluding hydrogens is 301 g/mol. The first kappa shape index (κ1) is 14.3. The van der Waals surface area contributed by atoms with E-state index in [0.29, 0.717) is 12.1 Å². The van der Waals surface area contributed by atoms with Gasteiger partial charge in [-0.25, -0.2) is 9.37 Å². The summed E-state index contributed by atoms with van der Waals surface area (Å²) in [5.41, 5.74) is 2.20. The molecular formula is C16H12FN3OS. The van der Waals surface area contributed by atoms with Gasteiger partial charge in [0.1, 0.15) is 10.8 Å². The van der Waals surface area contributed by atoms with Gasteiger partial charge in [-0.3, -0.25) is 9.78 Å². The van der Waals surface area contributed by atoms with E-state index in [9.17, 15) is 9.18 Å². The molecule has 3 aromatic rings. The molecule has 4 nitrogen and oxygen atoms in total. The molecule has 1 N–H and O–H groups in total. The summed E-state index contributed by atoms with van der Waals surface area (Å²) < 4.78 is 12.8. The number of benzene rings is 1. The van der Waals surface area contributed by atoms with Crippen LogP contribution in [0.1, 0.15) is 15.4 Å². The maximum absolute atomic E-state index is 12.8. The molecule has 0 saturated heterocycles. The number of amides is 1. The van der Waals surface area contributed by atoms with Crippen LogP contribution in [0.15, 0.2) is 54.2 Å². The highest BCUT2D eigenvalue weighted by Gasteiger charge is 2.08. The van der Waals surface area contributed by atoms with E-state index in [1.165, 1.54) is 35.6 Å². The summed E-state index contributed by atoms with van der Waals surface area (Å²) in [6.45, 7) is 0.334. The van der Waals surface area contributed by atoms with Crippen molar-refractivity contribution in [3.05, 3.63) is 70.6 Å². The molecule has 6 heteroatoms. The lowest BCUT2D eigenvalue weighted by Gasteiger charge is -2.02.